The van der Waals surface area contributed by atoms with Crippen LogP contribution >= 0.6 is 0 Å². The second-order valence-corrected chi connectivity index (χ2v) is 13.0. The third kappa shape index (κ3) is 6.21. The van der Waals surface area contributed by atoms with E-state index in [2.05, 4.69) is 27.3 Å². The maximum Gasteiger partial charge on any atom is 0.284 e. The summed E-state index contributed by atoms with van der Waals surface area (Å²) >= 11 is 0. The molecule has 6 aromatic rings. The zero-order valence-electron chi connectivity index (χ0n) is 28.4. The fraction of sp³-hybridized carbons (Fsp3) is 0.237. The quantitative estimate of drug-likeness (QED) is 0.208. The Labute approximate surface area is 296 Å². The van der Waals surface area contributed by atoms with E-state index in [-0.39, 0.29) is 22.7 Å². The Hall–Kier alpha value is -6.15. The third-order valence-electron chi connectivity index (χ3n) is 9.76. The highest BCUT2D eigenvalue weighted by Crippen LogP contribution is 2.40. The van der Waals surface area contributed by atoms with Gasteiger partial charge in [-0.15, -0.1) is 0 Å². The van der Waals surface area contributed by atoms with Crippen molar-refractivity contribution in [3.63, 3.8) is 0 Å². The lowest BCUT2D eigenvalue weighted by Gasteiger charge is -2.21. The number of benzene rings is 3. The number of likely N-dealkylation sites (tertiary alicyclic amines) is 1. The lowest BCUT2D eigenvalue weighted by Crippen LogP contribution is -2.32. The van der Waals surface area contributed by atoms with Gasteiger partial charge in [0.25, 0.3) is 11.5 Å². The van der Waals surface area contributed by atoms with Crippen LogP contribution in [0.15, 0.2) is 96.1 Å². The number of ether oxygens (including phenoxy) is 2. The number of likely N-dealkylation sites (N-methyl/N-ethyl adjacent to an activating group) is 1. The summed E-state index contributed by atoms with van der Waals surface area (Å²) in [5.41, 5.74) is 1.06. The lowest BCUT2D eigenvalue weighted by molar-refractivity contribution is 0.102. The van der Waals surface area contributed by atoms with Crippen LogP contribution in [-0.2, 0) is 6.54 Å². The van der Waals surface area contributed by atoms with E-state index in [1.807, 2.05) is 28.9 Å². The molecule has 14 heteroatoms. The first kappa shape index (κ1) is 33.0. The molecule has 264 valence electrons. The first-order valence-electron chi connectivity index (χ1n) is 16.8. The third-order valence-corrected chi connectivity index (χ3v) is 9.76. The van der Waals surface area contributed by atoms with Crippen LogP contribution in [0.25, 0.3) is 16.7 Å². The van der Waals surface area contributed by atoms with Gasteiger partial charge in [-0.1, -0.05) is 12.1 Å². The molecule has 3 aromatic carbocycles. The van der Waals surface area contributed by atoms with Crippen LogP contribution in [0.2, 0.25) is 0 Å². The normalized spacial score (nSPS) is 17.0. The van der Waals surface area contributed by atoms with Crippen LogP contribution in [-0.4, -0.2) is 75.2 Å². The van der Waals surface area contributed by atoms with Crippen LogP contribution in [0.3, 0.4) is 0 Å². The topological polar surface area (TPSA) is 120 Å². The standard InChI is InChI=1S/C38H34F2N8O4/c1-45-18-15-24-21-46(22-31(24)45)36-34-33(14-16-41-35(34)47(44-36)20-23-3-10-28(51-2)11-4-23)52-32-12-7-26(19-30(32)40)43-37(49)29-13-17-42-48(38(29)50)27-8-5-25(39)6-9-27/h3-14,16-17,19,24,31H,15,18,20-22H2,1-2H3,(H,43,49). The number of aromatic nitrogens is 5. The van der Waals surface area contributed by atoms with Gasteiger partial charge in [0.2, 0.25) is 0 Å². The van der Waals surface area contributed by atoms with Crippen LogP contribution in [0.4, 0.5) is 20.3 Å². The summed E-state index contributed by atoms with van der Waals surface area (Å²) in [6.45, 7) is 3.16. The van der Waals surface area contributed by atoms with Gasteiger partial charge < -0.3 is 24.6 Å². The number of nitrogens with one attached hydrogen (secondary N) is 1. The first-order valence-corrected chi connectivity index (χ1v) is 16.8. The number of hydrogen-bond donors (Lipinski definition) is 1. The largest absolute Gasteiger partial charge is 0.497 e. The van der Waals surface area contributed by atoms with Gasteiger partial charge in [-0.25, -0.2) is 18.4 Å². The van der Waals surface area contributed by atoms with Gasteiger partial charge >= 0.3 is 0 Å². The predicted molar refractivity (Wildman–Crippen MR) is 191 cm³/mol. The van der Waals surface area contributed by atoms with Crippen molar-refractivity contribution in [2.24, 2.45) is 5.92 Å². The molecule has 12 nitrogen and oxygen atoms in total. The van der Waals surface area contributed by atoms with Crippen LogP contribution < -0.4 is 25.2 Å². The van der Waals surface area contributed by atoms with E-state index in [1.54, 1.807) is 19.4 Å². The van der Waals surface area contributed by atoms with E-state index in [0.29, 0.717) is 35.3 Å². The summed E-state index contributed by atoms with van der Waals surface area (Å²) in [6, 6.07) is 20.3. The second-order valence-electron chi connectivity index (χ2n) is 13.0. The molecule has 0 spiro atoms. The van der Waals surface area contributed by atoms with Gasteiger partial charge in [-0.3, -0.25) is 9.59 Å². The zero-order valence-corrected chi connectivity index (χ0v) is 28.4. The van der Waals surface area contributed by atoms with Gasteiger partial charge in [0.1, 0.15) is 28.3 Å². The van der Waals surface area contributed by atoms with Crippen molar-refractivity contribution >= 4 is 28.4 Å². The molecule has 0 saturated carbocycles. The van der Waals surface area contributed by atoms with Crippen molar-refractivity contribution in [3.05, 3.63) is 124 Å². The van der Waals surface area contributed by atoms with Crippen molar-refractivity contribution in [3.8, 4) is 22.9 Å². The first-order chi connectivity index (χ1) is 25.2. The minimum absolute atomic E-state index is 0.0695. The number of anilines is 2. The SMILES string of the molecule is COc1ccc(Cn2nc(N3CC4CCN(C)C4C3)c3c(Oc4ccc(NC(=O)c5ccnn(-c6ccc(F)cc6)c5=O)cc4F)ccnc32)cc1. The van der Waals surface area contributed by atoms with E-state index in [4.69, 9.17) is 19.6 Å². The predicted octanol–water partition coefficient (Wildman–Crippen LogP) is 5.50. The molecule has 1 N–H and O–H groups in total. The monoisotopic (exact) mass is 704 g/mol. The smallest absolute Gasteiger partial charge is 0.284 e. The summed E-state index contributed by atoms with van der Waals surface area (Å²) in [5, 5.41) is 12.3. The average Bonchev–Trinajstić information content (AvgIpc) is 3.84. The van der Waals surface area contributed by atoms with E-state index in [1.165, 1.54) is 48.7 Å². The van der Waals surface area contributed by atoms with E-state index in [9.17, 15) is 14.0 Å². The molecule has 1 amide bonds. The van der Waals surface area contributed by atoms with Crippen LogP contribution in [0.5, 0.6) is 17.2 Å². The van der Waals surface area contributed by atoms with Crippen molar-refractivity contribution in [2.45, 2.75) is 19.0 Å². The van der Waals surface area contributed by atoms with Gasteiger partial charge in [-0.05, 0) is 86.1 Å². The minimum Gasteiger partial charge on any atom is -0.497 e. The Morgan fingerprint density at radius 2 is 1.77 bits per heavy atom. The summed E-state index contributed by atoms with van der Waals surface area (Å²) in [5.74, 6) is 0.350. The van der Waals surface area contributed by atoms with E-state index < -0.39 is 23.1 Å². The Balaban J connectivity index is 1.08. The number of methoxy groups -OCH3 is 1. The number of pyridine rings is 1. The minimum atomic E-state index is -0.762. The lowest BCUT2D eigenvalue weighted by atomic mass is 10.1. The maximum atomic E-state index is 15.7. The van der Waals surface area contributed by atoms with E-state index in [0.717, 1.165) is 53.9 Å². The summed E-state index contributed by atoms with van der Waals surface area (Å²) < 4.78 is 43.5. The fourth-order valence-corrected chi connectivity index (χ4v) is 7.05. The molecule has 0 bridgehead atoms. The van der Waals surface area contributed by atoms with E-state index >= 15 is 4.39 Å². The zero-order chi connectivity index (χ0) is 35.9. The molecule has 2 aliphatic rings. The van der Waals surface area contributed by atoms with Gasteiger partial charge in [0.15, 0.2) is 23.0 Å². The summed E-state index contributed by atoms with van der Waals surface area (Å²) in [7, 11) is 3.78. The van der Waals surface area contributed by atoms with Gasteiger partial charge in [0, 0.05) is 49.3 Å². The second kappa shape index (κ2) is 13.5. The molecule has 8 rings (SSSR count). The number of nitrogens with zero attached hydrogens (tertiary/aromatic N) is 7. The highest BCUT2D eigenvalue weighted by Gasteiger charge is 2.41. The fourth-order valence-electron chi connectivity index (χ4n) is 7.05. The molecular weight excluding hydrogens is 670 g/mol. The Bertz CT molecular complexity index is 2350. The van der Waals surface area contributed by atoms with Crippen LogP contribution in [0.1, 0.15) is 22.3 Å². The number of rotatable bonds is 9. The molecule has 2 aliphatic heterocycles. The van der Waals surface area contributed by atoms with Crippen molar-refractivity contribution < 1.29 is 23.0 Å². The molecular formula is C38H34F2N8O4. The number of fused-ring (bicyclic) bond motifs is 2. The Kier molecular flexibility index (Phi) is 8.59. The molecule has 2 fully saturated rings. The molecule has 2 atom stereocenters. The number of halogens is 2. The average molecular weight is 705 g/mol. The Morgan fingerprint density at radius 3 is 2.52 bits per heavy atom. The number of carbonyl (C=O) groups is 1. The molecule has 2 unspecified atom stereocenters. The highest BCUT2D eigenvalue weighted by molar-refractivity contribution is 6.04. The number of carbonyl (C=O) groups excluding carboxylic acids is 1. The highest BCUT2D eigenvalue weighted by atomic mass is 19.1. The molecule has 3 aromatic heterocycles. The summed E-state index contributed by atoms with van der Waals surface area (Å²) in [4.78, 5) is 35.6. The van der Waals surface area contributed by atoms with Crippen molar-refractivity contribution in [2.75, 3.05) is 44.0 Å². The Morgan fingerprint density at radius 1 is 0.962 bits per heavy atom. The molecule has 52 heavy (non-hydrogen) atoms. The molecule has 0 aliphatic carbocycles. The van der Waals surface area contributed by atoms with Crippen molar-refractivity contribution in [1.29, 1.82) is 0 Å². The molecule has 2 saturated heterocycles. The number of amides is 1. The number of hydrogen-bond acceptors (Lipinski definition) is 9. The van der Waals surface area contributed by atoms with Crippen molar-refractivity contribution in [1.82, 2.24) is 29.4 Å². The van der Waals surface area contributed by atoms with Gasteiger partial charge in [-0.2, -0.15) is 14.9 Å². The molecule has 0 radical (unpaired) electrons. The van der Waals surface area contributed by atoms with Crippen LogP contribution in [0, 0.1) is 17.6 Å². The maximum absolute atomic E-state index is 15.7. The molecule has 5 heterocycles. The van der Waals surface area contributed by atoms with Gasteiger partial charge in [0.05, 0.1) is 19.3 Å². The summed E-state index contributed by atoms with van der Waals surface area (Å²) in [6.07, 6.45) is 4.01.